The standard InChI is InChI=1S/C19H20N2O4/c1-14-6-8-15(9-7-14)12-20(16-10-11-16)19(22)13-25-18-5-3-2-4-17(18)21(23)24/h2-9,16H,10-13H2,1H3. The lowest BCUT2D eigenvalue weighted by molar-refractivity contribution is -0.385. The van der Waals surface area contributed by atoms with Gasteiger partial charge in [0.25, 0.3) is 5.91 Å². The molecule has 0 aromatic heterocycles. The van der Waals surface area contributed by atoms with Crippen molar-refractivity contribution in [3.63, 3.8) is 0 Å². The first-order valence-corrected chi connectivity index (χ1v) is 8.26. The molecule has 6 nitrogen and oxygen atoms in total. The number of rotatable bonds is 7. The molecule has 0 saturated heterocycles. The Balaban J connectivity index is 1.66. The Morgan fingerprint density at radius 2 is 1.88 bits per heavy atom. The van der Waals surface area contributed by atoms with E-state index in [1.165, 1.54) is 17.7 Å². The fraction of sp³-hybridized carbons (Fsp3) is 0.316. The lowest BCUT2D eigenvalue weighted by atomic mass is 10.1. The van der Waals surface area contributed by atoms with E-state index < -0.39 is 4.92 Å². The Morgan fingerprint density at radius 3 is 2.52 bits per heavy atom. The van der Waals surface area contributed by atoms with Gasteiger partial charge in [-0.15, -0.1) is 0 Å². The van der Waals surface area contributed by atoms with Gasteiger partial charge in [0.2, 0.25) is 0 Å². The first-order chi connectivity index (χ1) is 12.0. The molecule has 0 heterocycles. The second-order valence-electron chi connectivity index (χ2n) is 6.25. The van der Waals surface area contributed by atoms with Crippen LogP contribution in [-0.4, -0.2) is 28.4 Å². The summed E-state index contributed by atoms with van der Waals surface area (Å²) < 4.78 is 5.44. The number of carbonyl (C=O) groups is 1. The highest BCUT2D eigenvalue weighted by atomic mass is 16.6. The average molecular weight is 340 g/mol. The molecule has 0 radical (unpaired) electrons. The van der Waals surface area contributed by atoms with Crippen molar-refractivity contribution in [3.8, 4) is 5.75 Å². The molecule has 1 saturated carbocycles. The molecule has 6 heteroatoms. The molecule has 0 unspecified atom stereocenters. The highest BCUT2D eigenvalue weighted by Gasteiger charge is 2.33. The Labute approximate surface area is 146 Å². The fourth-order valence-corrected chi connectivity index (χ4v) is 2.65. The molecule has 2 aromatic rings. The highest BCUT2D eigenvalue weighted by molar-refractivity contribution is 5.78. The molecule has 130 valence electrons. The zero-order valence-corrected chi connectivity index (χ0v) is 14.1. The van der Waals surface area contributed by atoms with Crippen molar-refractivity contribution in [1.82, 2.24) is 4.90 Å². The summed E-state index contributed by atoms with van der Waals surface area (Å²) in [7, 11) is 0. The van der Waals surface area contributed by atoms with E-state index in [4.69, 9.17) is 4.74 Å². The van der Waals surface area contributed by atoms with Crippen LogP contribution in [0.3, 0.4) is 0 Å². The van der Waals surface area contributed by atoms with Crippen molar-refractivity contribution in [2.75, 3.05) is 6.61 Å². The quantitative estimate of drug-likeness (QED) is 0.571. The van der Waals surface area contributed by atoms with Crippen LogP contribution in [0.4, 0.5) is 5.69 Å². The first-order valence-electron chi connectivity index (χ1n) is 8.26. The highest BCUT2D eigenvalue weighted by Crippen LogP contribution is 2.29. The van der Waals surface area contributed by atoms with Crippen LogP contribution in [0.25, 0.3) is 0 Å². The number of carbonyl (C=O) groups excluding carboxylic acids is 1. The Morgan fingerprint density at radius 1 is 1.20 bits per heavy atom. The van der Waals surface area contributed by atoms with Gasteiger partial charge in [-0.05, 0) is 31.4 Å². The maximum Gasteiger partial charge on any atom is 0.310 e. The van der Waals surface area contributed by atoms with E-state index in [1.807, 2.05) is 31.2 Å². The van der Waals surface area contributed by atoms with Gasteiger partial charge in [-0.25, -0.2) is 0 Å². The minimum atomic E-state index is -0.509. The van der Waals surface area contributed by atoms with E-state index in [2.05, 4.69) is 0 Å². The van der Waals surface area contributed by atoms with Crippen molar-refractivity contribution < 1.29 is 14.5 Å². The molecule has 0 aliphatic heterocycles. The summed E-state index contributed by atoms with van der Waals surface area (Å²) in [6, 6.07) is 14.4. The van der Waals surface area contributed by atoms with E-state index in [0.717, 1.165) is 18.4 Å². The van der Waals surface area contributed by atoms with Crippen molar-refractivity contribution in [1.29, 1.82) is 0 Å². The monoisotopic (exact) mass is 340 g/mol. The number of nitro groups is 1. The van der Waals surface area contributed by atoms with Gasteiger partial charge < -0.3 is 9.64 Å². The molecule has 1 aliphatic carbocycles. The normalized spacial score (nSPS) is 13.3. The summed E-state index contributed by atoms with van der Waals surface area (Å²) in [5.41, 5.74) is 2.11. The lowest BCUT2D eigenvalue weighted by Crippen LogP contribution is -2.36. The summed E-state index contributed by atoms with van der Waals surface area (Å²) in [5.74, 6) is -0.0341. The van der Waals surface area contributed by atoms with Gasteiger partial charge in [-0.1, -0.05) is 42.0 Å². The smallest absolute Gasteiger partial charge is 0.310 e. The molecule has 25 heavy (non-hydrogen) atoms. The number of ether oxygens (including phenoxy) is 1. The second kappa shape index (κ2) is 7.34. The van der Waals surface area contributed by atoms with Crippen LogP contribution >= 0.6 is 0 Å². The van der Waals surface area contributed by atoms with Crippen LogP contribution in [0.1, 0.15) is 24.0 Å². The number of nitro benzene ring substituents is 1. The number of amides is 1. The van der Waals surface area contributed by atoms with Gasteiger partial charge >= 0.3 is 5.69 Å². The predicted octanol–water partition coefficient (Wildman–Crippen LogP) is 3.47. The van der Waals surface area contributed by atoms with Gasteiger partial charge in [0, 0.05) is 18.7 Å². The third-order valence-electron chi connectivity index (χ3n) is 4.19. The molecule has 0 spiro atoms. The maximum absolute atomic E-state index is 12.6. The first kappa shape index (κ1) is 17.0. The van der Waals surface area contributed by atoms with E-state index in [1.54, 1.807) is 17.0 Å². The lowest BCUT2D eigenvalue weighted by Gasteiger charge is -2.22. The van der Waals surface area contributed by atoms with Gasteiger partial charge in [-0.3, -0.25) is 14.9 Å². The molecule has 2 aromatic carbocycles. The predicted molar refractivity (Wildman–Crippen MR) is 93.3 cm³/mol. The largest absolute Gasteiger partial charge is 0.477 e. The number of hydrogen-bond donors (Lipinski definition) is 0. The van der Waals surface area contributed by atoms with Crippen molar-refractivity contribution in [2.24, 2.45) is 0 Å². The zero-order chi connectivity index (χ0) is 17.8. The zero-order valence-electron chi connectivity index (χ0n) is 14.1. The minimum Gasteiger partial charge on any atom is -0.477 e. The number of para-hydroxylation sites is 2. The molecule has 0 atom stereocenters. The molecular formula is C19H20N2O4. The maximum atomic E-state index is 12.6. The molecule has 3 rings (SSSR count). The van der Waals surface area contributed by atoms with Gasteiger partial charge in [0.05, 0.1) is 4.92 Å². The third-order valence-corrected chi connectivity index (χ3v) is 4.19. The van der Waals surface area contributed by atoms with Gasteiger partial charge in [0.15, 0.2) is 12.4 Å². The van der Waals surface area contributed by atoms with Crippen molar-refractivity contribution in [2.45, 2.75) is 32.4 Å². The molecule has 0 N–H and O–H groups in total. The van der Waals surface area contributed by atoms with Crippen LogP contribution in [0, 0.1) is 17.0 Å². The van der Waals surface area contributed by atoms with E-state index in [-0.39, 0.29) is 30.0 Å². The van der Waals surface area contributed by atoms with E-state index >= 15 is 0 Å². The van der Waals surface area contributed by atoms with Crippen LogP contribution in [-0.2, 0) is 11.3 Å². The molecule has 1 fully saturated rings. The molecule has 1 amide bonds. The van der Waals surface area contributed by atoms with E-state index in [9.17, 15) is 14.9 Å². The van der Waals surface area contributed by atoms with Crippen LogP contribution in [0.5, 0.6) is 5.75 Å². The Hall–Kier alpha value is -2.89. The molecular weight excluding hydrogens is 320 g/mol. The van der Waals surface area contributed by atoms with Crippen LogP contribution in [0.2, 0.25) is 0 Å². The summed E-state index contributed by atoms with van der Waals surface area (Å²) >= 11 is 0. The van der Waals surface area contributed by atoms with Gasteiger partial charge in [0.1, 0.15) is 0 Å². The number of aryl methyl sites for hydroxylation is 1. The van der Waals surface area contributed by atoms with Crippen molar-refractivity contribution in [3.05, 3.63) is 69.8 Å². The Bertz CT molecular complexity index is 769. The van der Waals surface area contributed by atoms with Crippen LogP contribution < -0.4 is 4.74 Å². The SMILES string of the molecule is Cc1ccc(CN(C(=O)COc2ccccc2[N+](=O)[O-])C2CC2)cc1. The second-order valence-corrected chi connectivity index (χ2v) is 6.25. The van der Waals surface area contributed by atoms with Crippen molar-refractivity contribution >= 4 is 11.6 Å². The summed E-state index contributed by atoms with van der Waals surface area (Å²) in [4.78, 5) is 24.9. The number of hydrogen-bond acceptors (Lipinski definition) is 4. The summed E-state index contributed by atoms with van der Waals surface area (Å²) in [5, 5.41) is 11.0. The summed E-state index contributed by atoms with van der Waals surface area (Å²) in [6.07, 6.45) is 1.98. The molecule has 1 aliphatic rings. The molecule has 0 bridgehead atoms. The average Bonchev–Trinajstić information content (AvgIpc) is 3.44. The fourth-order valence-electron chi connectivity index (χ4n) is 2.65. The third kappa shape index (κ3) is 4.35. The summed E-state index contributed by atoms with van der Waals surface area (Å²) in [6.45, 7) is 2.35. The van der Waals surface area contributed by atoms with Gasteiger partial charge in [-0.2, -0.15) is 0 Å². The minimum absolute atomic E-state index is 0.118. The number of nitrogens with zero attached hydrogens (tertiary/aromatic N) is 2. The topological polar surface area (TPSA) is 72.7 Å². The number of benzene rings is 2. The Kier molecular flexibility index (Phi) is 4.97. The van der Waals surface area contributed by atoms with Crippen LogP contribution in [0.15, 0.2) is 48.5 Å². The van der Waals surface area contributed by atoms with E-state index in [0.29, 0.717) is 6.54 Å².